The number of benzene rings is 1. The Morgan fingerprint density at radius 1 is 1.14 bits per heavy atom. The predicted molar refractivity (Wildman–Crippen MR) is 117 cm³/mol. The number of nitrogens with zero attached hydrogens (tertiary/aromatic N) is 8. The van der Waals surface area contributed by atoms with Gasteiger partial charge in [0.25, 0.3) is 5.91 Å². The minimum absolute atomic E-state index is 0.0229. The van der Waals surface area contributed by atoms with Crippen molar-refractivity contribution in [2.45, 2.75) is 12.6 Å². The molecule has 13 heteroatoms. The molecule has 5 rings (SSSR count). The van der Waals surface area contributed by atoms with Crippen LogP contribution in [0.2, 0.25) is 0 Å². The average molecular weight is 479 g/mol. The van der Waals surface area contributed by atoms with Crippen LogP contribution in [0, 0.1) is 11.3 Å². The average Bonchev–Trinajstić information content (AvgIpc) is 3.59. The van der Waals surface area contributed by atoms with E-state index >= 15 is 0 Å². The fraction of sp³-hybridized carbons (Fsp3) is 0.182. The maximum absolute atomic E-state index is 14.2. The molecule has 0 bridgehead atoms. The van der Waals surface area contributed by atoms with E-state index in [1.807, 2.05) is 24.1 Å². The zero-order valence-electron chi connectivity index (χ0n) is 18.2. The first-order valence-electron chi connectivity index (χ1n) is 10.3. The van der Waals surface area contributed by atoms with Gasteiger partial charge in [0, 0.05) is 24.8 Å². The van der Waals surface area contributed by atoms with Crippen molar-refractivity contribution in [1.82, 2.24) is 29.8 Å². The molecular weight excluding hydrogens is 463 g/mol. The molecule has 35 heavy (non-hydrogen) atoms. The maximum atomic E-state index is 14.2. The fourth-order valence-electron chi connectivity index (χ4n) is 4.04. The number of amides is 1. The van der Waals surface area contributed by atoms with Crippen LogP contribution in [0.4, 0.5) is 24.5 Å². The quantitative estimate of drug-likeness (QED) is 0.478. The molecule has 0 saturated carbocycles. The topological polar surface area (TPSA) is 118 Å². The molecule has 0 atom stereocenters. The second-order valence-electron chi connectivity index (χ2n) is 7.74. The number of carbonyl (C=O) groups is 1. The number of fused-ring (bicyclic) bond motifs is 1. The molecule has 1 N–H and O–H groups in total. The van der Waals surface area contributed by atoms with Gasteiger partial charge in [-0.15, -0.1) is 4.80 Å². The number of pyridine rings is 1. The van der Waals surface area contributed by atoms with E-state index in [1.54, 1.807) is 12.1 Å². The van der Waals surface area contributed by atoms with Gasteiger partial charge in [0.05, 0.1) is 41.7 Å². The zero-order valence-corrected chi connectivity index (χ0v) is 18.2. The zero-order chi connectivity index (χ0) is 24.7. The molecule has 10 nitrogen and oxygen atoms in total. The number of hydrogen-bond donors (Lipinski definition) is 1. The highest BCUT2D eigenvalue weighted by Crippen LogP contribution is 2.37. The van der Waals surface area contributed by atoms with Crippen LogP contribution in [0.15, 0.2) is 49.1 Å². The number of likely N-dealkylation sites (N-methyl/N-ethyl adjacent to an activating group) is 1. The van der Waals surface area contributed by atoms with Gasteiger partial charge in [-0.25, -0.2) is 9.67 Å². The van der Waals surface area contributed by atoms with E-state index in [0.717, 1.165) is 26.9 Å². The molecule has 4 heterocycles. The van der Waals surface area contributed by atoms with Gasteiger partial charge in [-0.1, -0.05) is 6.07 Å². The number of nitriles is 1. The van der Waals surface area contributed by atoms with Crippen LogP contribution < -0.4 is 10.2 Å². The van der Waals surface area contributed by atoms with Gasteiger partial charge in [0.1, 0.15) is 11.6 Å². The third kappa shape index (κ3) is 3.84. The molecule has 0 fully saturated rings. The largest absolute Gasteiger partial charge is 0.434 e. The van der Waals surface area contributed by atoms with E-state index in [1.165, 1.54) is 24.7 Å². The van der Waals surface area contributed by atoms with Crippen LogP contribution in [0.5, 0.6) is 0 Å². The van der Waals surface area contributed by atoms with Crippen molar-refractivity contribution >= 4 is 17.3 Å². The minimum Gasteiger partial charge on any atom is -0.374 e. The number of aromatic nitrogens is 6. The van der Waals surface area contributed by atoms with Gasteiger partial charge in [-0.05, 0) is 24.6 Å². The number of carbonyl (C=O) groups excluding carboxylic acids is 1. The number of alkyl halides is 3. The lowest BCUT2D eigenvalue weighted by Gasteiger charge is -2.16. The summed E-state index contributed by atoms with van der Waals surface area (Å²) in [7, 11) is 1.86. The lowest BCUT2D eigenvalue weighted by molar-refractivity contribution is -0.143. The molecule has 0 radical (unpaired) electrons. The molecular formula is C22H16F3N9O. The van der Waals surface area contributed by atoms with Crippen molar-refractivity contribution in [3.8, 4) is 17.6 Å². The number of anilines is 2. The smallest absolute Gasteiger partial charge is 0.374 e. The van der Waals surface area contributed by atoms with E-state index in [2.05, 4.69) is 25.6 Å². The molecule has 1 aliphatic rings. The highest BCUT2D eigenvalue weighted by Gasteiger charge is 2.41. The Labute approximate surface area is 196 Å². The summed E-state index contributed by atoms with van der Waals surface area (Å²) in [5.74, 6) is -0.925. The van der Waals surface area contributed by atoms with E-state index in [0.29, 0.717) is 13.0 Å². The van der Waals surface area contributed by atoms with Crippen molar-refractivity contribution < 1.29 is 18.0 Å². The molecule has 0 aliphatic carbocycles. The monoisotopic (exact) mass is 479 g/mol. The van der Waals surface area contributed by atoms with E-state index in [9.17, 15) is 23.2 Å². The van der Waals surface area contributed by atoms with Crippen LogP contribution in [0.25, 0.3) is 11.5 Å². The van der Waals surface area contributed by atoms with Crippen LogP contribution >= 0.6 is 0 Å². The van der Waals surface area contributed by atoms with Gasteiger partial charge < -0.3 is 10.2 Å². The molecule has 1 aromatic carbocycles. The summed E-state index contributed by atoms with van der Waals surface area (Å²) >= 11 is 0. The first-order valence-corrected chi connectivity index (χ1v) is 10.3. The van der Waals surface area contributed by atoms with E-state index in [-0.39, 0.29) is 22.8 Å². The number of rotatable bonds is 4. The van der Waals surface area contributed by atoms with Crippen molar-refractivity contribution in [2.75, 3.05) is 23.8 Å². The second-order valence-corrected chi connectivity index (χ2v) is 7.74. The van der Waals surface area contributed by atoms with Crippen LogP contribution in [0.3, 0.4) is 0 Å². The number of hydrogen-bond acceptors (Lipinski definition) is 7. The number of halogens is 3. The normalized spacial score (nSPS) is 12.9. The first kappa shape index (κ1) is 22.1. The molecule has 176 valence electrons. The summed E-state index contributed by atoms with van der Waals surface area (Å²) in [5, 5.41) is 23.5. The predicted octanol–water partition coefficient (Wildman–Crippen LogP) is 2.98. The Morgan fingerprint density at radius 2 is 1.89 bits per heavy atom. The summed E-state index contributed by atoms with van der Waals surface area (Å²) in [6.45, 7) is 0.667. The Bertz CT molecular complexity index is 1470. The highest BCUT2D eigenvalue weighted by molar-refractivity contribution is 6.05. The van der Waals surface area contributed by atoms with Gasteiger partial charge in [-0.3, -0.25) is 4.79 Å². The van der Waals surface area contributed by atoms with Crippen LogP contribution in [-0.2, 0) is 12.6 Å². The second kappa shape index (κ2) is 8.24. The Kier molecular flexibility index (Phi) is 5.20. The highest BCUT2D eigenvalue weighted by atomic mass is 19.4. The SMILES string of the molecule is CN1CCc2c1cccc2-n1ncc(C(=O)Nc2cnc(-n3nccn3)c(C#N)c2)c1C(F)(F)F. The molecule has 0 saturated heterocycles. The van der Waals surface area contributed by atoms with Gasteiger partial charge >= 0.3 is 6.18 Å². The molecule has 4 aromatic rings. The van der Waals surface area contributed by atoms with Crippen LogP contribution in [-0.4, -0.2) is 49.3 Å². The third-order valence-electron chi connectivity index (χ3n) is 5.60. The lowest BCUT2D eigenvalue weighted by atomic mass is 10.1. The van der Waals surface area contributed by atoms with Gasteiger partial charge in [0.15, 0.2) is 11.5 Å². The van der Waals surface area contributed by atoms with Crippen molar-refractivity contribution in [3.63, 3.8) is 0 Å². The Morgan fingerprint density at radius 3 is 2.60 bits per heavy atom. The molecule has 0 unspecified atom stereocenters. The van der Waals surface area contributed by atoms with Gasteiger partial charge in [-0.2, -0.15) is 33.7 Å². The molecule has 3 aromatic heterocycles. The minimum atomic E-state index is -4.86. The van der Waals surface area contributed by atoms with Crippen LogP contribution in [0.1, 0.15) is 27.2 Å². The third-order valence-corrected chi connectivity index (χ3v) is 5.60. The number of nitrogens with one attached hydrogen (secondary N) is 1. The Hall–Kier alpha value is -4.73. The maximum Gasteiger partial charge on any atom is 0.434 e. The summed E-state index contributed by atoms with van der Waals surface area (Å²) in [6, 6.07) is 8.23. The standard InChI is InChI=1S/C22H16F3N9O/c1-32-8-5-15-17(32)3-2-4-18(15)33-19(22(23,24)25)16(12-30-33)21(35)31-14-9-13(10-26)20(27-11-14)34-28-6-7-29-34/h2-4,6-7,9,11-12H,5,8H2,1H3,(H,31,35). The molecule has 1 aliphatic heterocycles. The summed E-state index contributed by atoms with van der Waals surface area (Å²) in [4.78, 5) is 20.0. The lowest BCUT2D eigenvalue weighted by Crippen LogP contribution is -2.21. The van der Waals surface area contributed by atoms with Gasteiger partial charge in [0.2, 0.25) is 0 Å². The summed E-state index contributed by atoms with van der Waals surface area (Å²) in [6.07, 6.45) is 0.582. The van der Waals surface area contributed by atoms with Crippen molar-refractivity contribution in [1.29, 1.82) is 5.26 Å². The van der Waals surface area contributed by atoms with Crippen molar-refractivity contribution in [3.05, 3.63) is 71.4 Å². The van der Waals surface area contributed by atoms with Crippen molar-refractivity contribution in [2.24, 2.45) is 0 Å². The summed E-state index contributed by atoms with van der Waals surface area (Å²) < 4.78 is 43.2. The van der Waals surface area contributed by atoms with E-state index in [4.69, 9.17) is 0 Å². The van der Waals surface area contributed by atoms with E-state index < -0.39 is 23.3 Å². The molecule has 1 amide bonds. The first-order chi connectivity index (χ1) is 16.8. The Balaban J connectivity index is 1.52. The molecule has 0 spiro atoms. The summed E-state index contributed by atoms with van der Waals surface area (Å²) in [5.41, 5.74) is 0.0183. The fourth-order valence-corrected chi connectivity index (χ4v) is 4.04.